The van der Waals surface area contributed by atoms with Crippen molar-refractivity contribution in [2.45, 2.75) is 19.2 Å². The Kier molecular flexibility index (Phi) is 6.17. The van der Waals surface area contributed by atoms with Crippen molar-refractivity contribution in [2.75, 3.05) is 13.2 Å². The van der Waals surface area contributed by atoms with E-state index in [4.69, 9.17) is 25.2 Å². The Morgan fingerprint density at radius 2 is 1.56 bits per heavy atom. The van der Waals surface area contributed by atoms with Crippen LogP contribution in [0.1, 0.15) is 11.5 Å². The lowest BCUT2D eigenvalue weighted by Crippen LogP contribution is -2.34. The second-order valence-corrected chi connectivity index (χ2v) is 6.18. The van der Waals surface area contributed by atoms with Gasteiger partial charge in [-0.1, -0.05) is 11.6 Å². The zero-order chi connectivity index (χ0) is 17.5. The number of aliphatic hydroxyl groups is 1. The summed E-state index contributed by atoms with van der Waals surface area (Å²) in [6.45, 7) is 1.76. The molecular weight excluding hydrogens is 342 g/mol. The predicted octanol–water partition coefficient (Wildman–Crippen LogP) is 3.97. The largest absolute Gasteiger partial charge is 0.491 e. The number of benzene rings is 1. The number of hydrogen-bond donors (Lipinski definition) is 1. The zero-order valence-electron chi connectivity index (χ0n) is 13.7. The first-order chi connectivity index (χ1) is 12.2. The number of halogens is 1. The van der Waals surface area contributed by atoms with Crippen LogP contribution in [0.15, 0.2) is 69.9 Å². The number of ether oxygens (including phenoxy) is 1. The molecule has 3 rings (SSSR count). The van der Waals surface area contributed by atoms with Gasteiger partial charge in [0.1, 0.15) is 30.0 Å². The summed E-state index contributed by atoms with van der Waals surface area (Å²) in [7, 11) is 0. The summed E-state index contributed by atoms with van der Waals surface area (Å²) >= 11 is 5.85. The summed E-state index contributed by atoms with van der Waals surface area (Å²) in [5.74, 6) is 2.34. The summed E-state index contributed by atoms with van der Waals surface area (Å²) in [5.41, 5.74) is 0. The predicted molar refractivity (Wildman–Crippen MR) is 94.5 cm³/mol. The molecule has 132 valence electrons. The Morgan fingerprint density at radius 3 is 2.08 bits per heavy atom. The average molecular weight is 362 g/mol. The standard InChI is InChI=1S/C19H20ClNO4/c20-15-5-7-17(8-6-15)25-14-16(22)11-21(12-18-3-1-9-23-18)13-19-4-2-10-24-19/h1-10,16,22H,11-14H2/t16-/m1/s1. The summed E-state index contributed by atoms with van der Waals surface area (Å²) in [6, 6.07) is 14.6. The van der Waals surface area contributed by atoms with Crippen LogP contribution in [0, 0.1) is 0 Å². The van der Waals surface area contributed by atoms with Crippen molar-refractivity contribution in [3.05, 3.63) is 77.6 Å². The maximum Gasteiger partial charge on any atom is 0.119 e. The fourth-order valence-corrected chi connectivity index (χ4v) is 2.63. The van der Waals surface area contributed by atoms with Crippen LogP contribution < -0.4 is 4.74 Å². The minimum Gasteiger partial charge on any atom is -0.491 e. The number of aliphatic hydroxyl groups excluding tert-OH is 1. The molecule has 2 aromatic heterocycles. The van der Waals surface area contributed by atoms with Crippen molar-refractivity contribution < 1.29 is 18.7 Å². The van der Waals surface area contributed by atoms with Crippen LogP contribution in [-0.4, -0.2) is 29.3 Å². The maximum absolute atomic E-state index is 10.3. The van der Waals surface area contributed by atoms with Gasteiger partial charge >= 0.3 is 0 Å². The Balaban J connectivity index is 1.55. The summed E-state index contributed by atoms with van der Waals surface area (Å²) in [6.07, 6.45) is 2.63. The second-order valence-electron chi connectivity index (χ2n) is 5.75. The van der Waals surface area contributed by atoms with Gasteiger partial charge in [-0.25, -0.2) is 0 Å². The quantitative estimate of drug-likeness (QED) is 0.625. The van der Waals surface area contributed by atoms with E-state index in [9.17, 15) is 5.11 Å². The fourth-order valence-electron chi connectivity index (χ4n) is 2.50. The van der Waals surface area contributed by atoms with Gasteiger partial charge in [0, 0.05) is 11.6 Å². The monoisotopic (exact) mass is 361 g/mol. The topological polar surface area (TPSA) is 59.0 Å². The molecule has 0 unspecified atom stereocenters. The number of hydrogen-bond acceptors (Lipinski definition) is 5. The van der Waals surface area contributed by atoms with Crippen molar-refractivity contribution in [3.8, 4) is 5.75 Å². The summed E-state index contributed by atoms with van der Waals surface area (Å²) in [5, 5.41) is 11.0. The maximum atomic E-state index is 10.3. The Labute approximate surface area is 151 Å². The molecule has 0 radical (unpaired) electrons. The van der Waals surface area contributed by atoms with E-state index in [1.165, 1.54) is 0 Å². The molecule has 6 heteroatoms. The van der Waals surface area contributed by atoms with Crippen molar-refractivity contribution in [2.24, 2.45) is 0 Å². The van der Waals surface area contributed by atoms with Crippen molar-refractivity contribution in [1.29, 1.82) is 0 Å². The molecule has 0 amide bonds. The van der Waals surface area contributed by atoms with Crippen LogP contribution in [0.3, 0.4) is 0 Å². The summed E-state index contributed by atoms with van der Waals surface area (Å²) < 4.78 is 16.4. The van der Waals surface area contributed by atoms with E-state index in [0.717, 1.165) is 11.5 Å². The molecule has 1 N–H and O–H groups in total. The molecule has 3 aromatic rings. The molecule has 0 saturated heterocycles. The van der Waals surface area contributed by atoms with Crippen LogP contribution in [0.5, 0.6) is 5.75 Å². The lowest BCUT2D eigenvalue weighted by molar-refractivity contribution is 0.0580. The first kappa shape index (κ1) is 17.6. The molecule has 0 spiro atoms. The molecule has 0 bridgehead atoms. The highest BCUT2D eigenvalue weighted by Crippen LogP contribution is 2.16. The number of furan rings is 2. The van der Waals surface area contributed by atoms with Gasteiger partial charge in [0.15, 0.2) is 0 Å². The van der Waals surface area contributed by atoms with Crippen molar-refractivity contribution in [3.63, 3.8) is 0 Å². The van der Waals surface area contributed by atoms with Gasteiger partial charge in [-0.3, -0.25) is 4.90 Å². The molecular formula is C19H20ClNO4. The summed E-state index contributed by atoms with van der Waals surface area (Å²) in [4.78, 5) is 2.05. The lowest BCUT2D eigenvalue weighted by Gasteiger charge is -2.23. The molecule has 0 saturated carbocycles. The highest BCUT2D eigenvalue weighted by Gasteiger charge is 2.16. The molecule has 0 aliphatic carbocycles. The highest BCUT2D eigenvalue weighted by molar-refractivity contribution is 6.30. The molecule has 2 heterocycles. The van der Waals surface area contributed by atoms with E-state index >= 15 is 0 Å². The third kappa shape index (κ3) is 5.67. The van der Waals surface area contributed by atoms with Crippen LogP contribution in [0.25, 0.3) is 0 Å². The third-order valence-corrected chi connectivity index (χ3v) is 3.90. The van der Waals surface area contributed by atoms with E-state index in [1.54, 1.807) is 36.8 Å². The smallest absolute Gasteiger partial charge is 0.119 e. The van der Waals surface area contributed by atoms with E-state index < -0.39 is 6.10 Å². The van der Waals surface area contributed by atoms with Gasteiger partial charge in [-0.05, 0) is 48.5 Å². The van der Waals surface area contributed by atoms with Crippen LogP contribution in [-0.2, 0) is 13.1 Å². The van der Waals surface area contributed by atoms with Crippen LogP contribution in [0.2, 0.25) is 5.02 Å². The molecule has 0 aliphatic heterocycles. The molecule has 5 nitrogen and oxygen atoms in total. The average Bonchev–Trinajstić information content (AvgIpc) is 3.28. The van der Waals surface area contributed by atoms with Gasteiger partial charge in [-0.2, -0.15) is 0 Å². The molecule has 25 heavy (non-hydrogen) atoms. The fraction of sp³-hybridized carbons (Fsp3) is 0.263. The number of nitrogens with zero attached hydrogens (tertiary/aromatic N) is 1. The SMILES string of the molecule is O[C@@H](COc1ccc(Cl)cc1)CN(Cc1ccco1)Cc1ccco1. The zero-order valence-corrected chi connectivity index (χ0v) is 14.4. The highest BCUT2D eigenvalue weighted by atomic mass is 35.5. The first-order valence-corrected chi connectivity index (χ1v) is 8.40. The molecule has 1 atom stereocenters. The number of rotatable bonds is 9. The van der Waals surface area contributed by atoms with Crippen LogP contribution >= 0.6 is 11.6 Å². The Hall–Kier alpha value is -2.21. The second kappa shape index (κ2) is 8.76. The van der Waals surface area contributed by atoms with E-state index in [-0.39, 0.29) is 6.61 Å². The van der Waals surface area contributed by atoms with Gasteiger partial charge < -0.3 is 18.7 Å². The molecule has 1 aromatic carbocycles. The van der Waals surface area contributed by atoms with Gasteiger partial charge in [0.05, 0.1) is 25.6 Å². The minimum absolute atomic E-state index is 0.189. The van der Waals surface area contributed by atoms with E-state index in [0.29, 0.717) is 30.4 Å². The molecule has 0 aliphatic rings. The van der Waals surface area contributed by atoms with E-state index in [2.05, 4.69) is 0 Å². The molecule has 0 fully saturated rings. The van der Waals surface area contributed by atoms with Gasteiger partial charge in [0.25, 0.3) is 0 Å². The Morgan fingerprint density at radius 1 is 0.960 bits per heavy atom. The van der Waals surface area contributed by atoms with E-state index in [1.807, 2.05) is 29.2 Å². The van der Waals surface area contributed by atoms with Crippen LogP contribution in [0.4, 0.5) is 0 Å². The van der Waals surface area contributed by atoms with Crippen molar-refractivity contribution >= 4 is 11.6 Å². The third-order valence-electron chi connectivity index (χ3n) is 3.64. The van der Waals surface area contributed by atoms with Crippen molar-refractivity contribution in [1.82, 2.24) is 4.90 Å². The minimum atomic E-state index is -0.652. The van der Waals surface area contributed by atoms with Gasteiger partial charge in [0.2, 0.25) is 0 Å². The normalized spacial score (nSPS) is 12.4. The first-order valence-electron chi connectivity index (χ1n) is 8.02. The lowest BCUT2D eigenvalue weighted by atomic mass is 10.3. The Bertz CT molecular complexity index is 689. The van der Waals surface area contributed by atoms with Gasteiger partial charge in [-0.15, -0.1) is 0 Å².